The highest BCUT2D eigenvalue weighted by atomic mass is 16.5. The van der Waals surface area contributed by atoms with Crippen molar-refractivity contribution in [2.24, 2.45) is 5.73 Å². The summed E-state index contributed by atoms with van der Waals surface area (Å²) in [5.74, 6) is 0. The van der Waals surface area contributed by atoms with Crippen molar-refractivity contribution >= 4 is 0 Å². The van der Waals surface area contributed by atoms with Gasteiger partial charge < -0.3 is 10.5 Å². The molecular formula is C10H20N2O. The summed E-state index contributed by atoms with van der Waals surface area (Å²) >= 11 is 0. The third kappa shape index (κ3) is 1.87. The number of likely N-dealkylation sites (tertiary alicyclic amines) is 1. The fraction of sp³-hybridized carbons (Fsp3) is 1.00. The lowest BCUT2D eigenvalue weighted by Crippen LogP contribution is -2.43. The van der Waals surface area contributed by atoms with E-state index in [4.69, 9.17) is 10.5 Å². The number of hydrogen-bond acceptors (Lipinski definition) is 3. The van der Waals surface area contributed by atoms with Crippen LogP contribution in [0, 0.1) is 0 Å². The van der Waals surface area contributed by atoms with Crippen molar-refractivity contribution in [2.75, 3.05) is 20.2 Å². The third-order valence-electron chi connectivity index (χ3n) is 3.51. The smallest absolute Gasteiger partial charge is 0.0710 e. The van der Waals surface area contributed by atoms with Gasteiger partial charge in [-0.1, -0.05) is 6.42 Å². The average molecular weight is 184 g/mol. The maximum atomic E-state index is 6.06. The van der Waals surface area contributed by atoms with Gasteiger partial charge >= 0.3 is 0 Å². The Hall–Kier alpha value is -0.120. The van der Waals surface area contributed by atoms with Crippen molar-refractivity contribution in [3.8, 4) is 0 Å². The van der Waals surface area contributed by atoms with Gasteiger partial charge in [-0.15, -0.1) is 0 Å². The number of nitrogens with zero attached hydrogens (tertiary/aromatic N) is 1. The molecule has 1 saturated carbocycles. The largest absolute Gasteiger partial charge is 0.380 e. The molecule has 13 heavy (non-hydrogen) atoms. The second-order valence-corrected chi connectivity index (χ2v) is 4.30. The van der Waals surface area contributed by atoms with E-state index in [1.165, 1.54) is 32.2 Å². The zero-order chi connectivity index (χ0) is 9.26. The quantitative estimate of drug-likeness (QED) is 0.682. The first-order chi connectivity index (χ1) is 6.31. The van der Waals surface area contributed by atoms with Gasteiger partial charge in [0.05, 0.1) is 6.10 Å². The molecule has 3 atom stereocenters. The van der Waals surface area contributed by atoms with Crippen molar-refractivity contribution in [1.82, 2.24) is 4.90 Å². The topological polar surface area (TPSA) is 38.5 Å². The lowest BCUT2D eigenvalue weighted by Gasteiger charge is -2.27. The summed E-state index contributed by atoms with van der Waals surface area (Å²) in [5.41, 5.74) is 6.06. The van der Waals surface area contributed by atoms with E-state index in [1.54, 1.807) is 0 Å². The number of ether oxygens (including phenoxy) is 1. The van der Waals surface area contributed by atoms with Gasteiger partial charge in [0, 0.05) is 32.3 Å². The molecule has 76 valence electrons. The molecule has 0 aromatic rings. The van der Waals surface area contributed by atoms with Gasteiger partial charge in [-0.05, 0) is 19.3 Å². The average Bonchev–Trinajstić information content (AvgIpc) is 2.71. The van der Waals surface area contributed by atoms with Crippen molar-refractivity contribution in [2.45, 2.75) is 43.9 Å². The highest BCUT2D eigenvalue weighted by Crippen LogP contribution is 2.26. The first-order valence-electron chi connectivity index (χ1n) is 5.33. The zero-order valence-corrected chi connectivity index (χ0v) is 8.41. The van der Waals surface area contributed by atoms with Crippen LogP contribution in [0.5, 0.6) is 0 Å². The highest BCUT2D eigenvalue weighted by molar-refractivity contribution is 4.91. The molecule has 0 radical (unpaired) electrons. The van der Waals surface area contributed by atoms with Crippen molar-refractivity contribution < 1.29 is 4.74 Å². The minimum absolute atomic E-state index is 0.413. The minimum Gasteiger partial charge on any atom is -0.380 e. The Bertz CT molecular complexity index is 174. The maximum Gasteiger partial charge on any atom is 0.0710 e. The molecule has 2 rings (SSSR count). The molecule has 0 bridgehead atoms. The molecule has 3 heteroatoms. The first-order valence-corrected chi connectivity index (χ1v) is 5.33. The Morgan fingerprint density at radius 2 is 2.15 bits per heavy atom. The summed E-state index contributed by atoms with van der Waals surface area (Å²) < 4.78 is 5.35. The van der Waals surface area contributed by atoms with Gasteiger partial charge in [-0.25, -0.2) is 0 Å². The van der Waals surface area contributed by atoms with Crippen LogP contribution in [0.15, 0.2) is 0 Å². The number of rotatable bonds is 2. The van der Waals surface area contributed by atoms with Gasteiger partial charge in [0.25, 0.3) is 0 Å². The van der Waals surface area contributed by atoms with E-state index in [0.717, 1.165) is 6.54 Å². The standard InChI is InChI=1S/C10H20N2O/c1-13-8-5-6-12(7-8)10-4-2-3-9(10)11/h8-10H,2-7,11H2,1H3/t8-,9-,10+/m0/s1. The molecule has 2 aliphatic rings. The van der Waals surface area contributed by atoms with Gasteiger partial charge in [0.2, 0.25) is 0 Å². The monoisotopic (exact) mass is 184 g/mol. The summed E-state index contributed by atoms with van der Waals surface area (Å²) in [5, 5.41) is 0. The molecule has 1 aliphatic heterocycles. The Balaban J connectivity index is 1.88. The normalized spacial score (nSPS) is 41.5. The van der Waals surface area contributed by atoms with Gasteiger partial charge in [-0.2, -0.15) is 0 Å². The Kier molecular flexibility index (Phi) is 2.86. The van der Waals surface area contributed by atoms with E-state index >= 15 is 0 Å². The van der Waals surface area contributed by atoms with Crippen molar-refractivity contribution in [3.05, 3.63) is 0 Å². The molecule has 3 nitrogen and oxygen atoms in total. The fourth-order valence-corrected chi connectivity index (χ4v) is 2.67. The predicted molar refractivity (Wildman–Crippen MR) is 52.6 cm³/mol. The Morgan fingerprint density at radius 1 is 1.31 bits per heavy atom. The molecule has 0 unspecified atom stereocenters. The predicted octanol–water partition coefficient (Wildman–Crippen LogP) is 0.587. The molecule has 0 spiro atoms. The van der Waals surface area contributed by atoms with Gasteiger partial charge in [0.15, 0.2) is 0 Å². The molecule has 2 fully saturated rings. The van der Waals surface area contributed by atoms with E-state index in [2.05, 4.69) is 4.90 Å². The Morgan fingerprint density at radius 3 is 2.69 bits per heavy atom. The van der Waals surface area contributed by atoms with Crippen LogP contribution in [0.1, 0.15) is 25.7 Å². The first kappa shape index (κ1) is 9.44. The summed E-state index contributed by atoms with van der Waals surface area (Å²) in [6, 6.07) is 1.05. The fourth-order valence-electron chi connectivity index (χ4n) is 2.67. The van der Waals surface area contributed by atoms with Crippen LogP contribution in [0.3, 0.4) is 0 Å². The van der Waals surface area contributed by atoms with Crippen LogP contribution >= 0.6 is 0 Å². The summed E-state index contributed by atoms with van der Waals surface area (Å²) in [4.78, 5) is 2.52. The molecule has 1 heterocycles. The van der Waals surface area contributed by atoms with Crippen LogP contribution in [-0.2, 0) is 4.74 Å². The van der Waals surface area contributed by atoms with E-state index < -0.39 is 0 Å². The van der Waals surface area contributed by atoms with E-state index in [0.29, 0.717) is 18.2 Å². The zero-order valence-electron chi connectivity index (χ0n) is 8.41. The second-order valence-electron chi connectivity index (χ2n) is 4.30. The summed E-state index contributed by atoms with van der Waals surface area (Å²) in [6.45, 7) is 2.27. The third-order valence-corrected chi connectivity index (χ3v) is 3.51. The SMILES string of the molecule is CO[C@H]1CCN([C@@H]2CCC[C@@H]2N)C1. The van der Waals surface area contributed by atoms with Crippen LogP contribution < -0.4 is 5.73 Å². The molecule has 1 aliphatic carbocycles. The second kappa shape index (κ2) is 3.95. The summed E-state index contributed by atoms with van der Waals surface area (Å²) in [7, 11) is 1.81. The molecule has 0 amide bonds. The lowest BCUT2D eigenvalue weighted by atomic mass is 10.1. The summed E-state index contributed by atoms with van der Waals surface area (Å²) in [6.07, 6.45) is 5.43. The highest BCUT2D eigenvalue weighted by Gasteiger charge is 2.34. The van der Waals surface area contributed by atoms with Crippen molar-refractivity contribution in [3.63, 3.8) is 0 Å². The maximum absolute atomic E-state index is 6.06. The number of methoxy groups -OCH3 is 1. The molecule has 1 saturated heterocycles. The van der Waals surface area contributed by atoms with Gasteiger partial charge in [-0.3, -0.25) is 4.90 Å². The van der Waals surface area contributed by atoms with E-state index in [-0.39, 0.29) is 0 Å². The van der Waals surface area contributed by atoms with Crippen LogP contribution in [0.4, 0.5) is 0 Å². The molecule has 0 aromatic heterocycles. The lowest BCUT2D eigenvalue weighted by molar-refractivity contribution is 0.0997. The molecule has 0 aromatic carbocycles. The minimum atomic E-state index is 0.413. The Labute approximate surface area is 80.2 Å². The van der Waals surface area contributed by atoms with Gasteiger partial charge in [0.1, 0.15) is 0 Å². The van der Waals surface area contributed by atoms with E-state index in [9.17, 15) is 0 Å². The van der Waals surface area contributed by atoms with Crippen LogP contribution in [0.2, 0.25) is 0 Å². The molecular weight excluding hydrogens is 164 g/mol. The van der Waals surface area contributed by atoms with E-state index in [1.807, 2.05) is 7.11 Å². The number of nitrogens with two attached hydrogens (primary N) is 1. The molecule has 2 N–H and O–H groups in total. The van der Waals surface area contributed by atoms with Crippen LogP contribution in [0.25, 0.3) is 0 Å². The van der Waals surface area contributed by atoms with Crippen LogP contribution in [-0.4, -0.2) is 43.3 Å². The number of hydrogen-bond donors (Lipinski definition) is 1. The van der Waals surface area contributed by atoms with Crippen molar-refractivity contribution in [1.29, 1.82) is 0 Å².